The summed E-state index contributed by atoms with van der Waals surface area (Å²) >= 11 is 0. The Hall–Kier alpha value is -1.84. The van der Waals surface area contributed by atoms with Crippen LogP contribution in [0.3, 0.4) is 0 Å². The molecule has 2 rings (SSSR count). The van der Waals surface area contributed by atoms with Gasteiger partial charge in [-0.2, -0.15) is 5.10 Å². The number of nitrogens with two attached hydrogens (primary N) is 1. The summed E-state index contributed by atoms with van der Waals surface area (Å²) in [6, 6.07) is 3.12. The molecule has 0 saturated carbocycles. The Morgan fingerprint density at radius 3 is 2.88 bits per heavy atom. The molecule has 0 bridgehead atoms. The molecule has 0 aliphatic heterocycles. The highest BCUT2D eigenvalue weighted by Gasteiger charge is 2.09. The number of aryl methyl sites for hydroxylation is 2. The second-order valence-electron chi connectivity index (χ2n) is 4.18. The van der Waals surface area contributed by atoms with Gasteiger partial charge in [-0.15, -0.1) is 0 Å². The van der Waals surface area contributed by atoms with Crippen LogP contribution in [0.25, 0.3) is 11.1 Å². The van der Waals surface area contributed by atoms with E-state index < -0.39 is 0 Å². The zero-order chi connectivity index (χ0) is 12.4. The van der Waals surface area contributed by atoms with Gasteiger partial charge in [0, 0.05) is 29.6 Å². The van der Waals surface area contributed by atoms with Crippen LogP contribution < -0.4 is 5.73 Å². The summed E-state index contributed by atoms with van der Waals surface area (Å²) in [5.74, 6) is -0.302. The minimum atomic E-state index is -0.302. The molecule has 90 valence electrons. The van der Waals surface area contributed by atoms with E-state index in [-0.39, 0.29) is 5.82 Å². The predicted octanol–water partition coefficient (Wildman–Crippen LogP) is 2.99. The normalized spacial score (nSPS) is 10.8. The maximum atomic E-state index is 13.8. The van der Waals surface area contributed by atoms with Crippen LogP contribution in [-0.4, -0.2) is 9.78 Å². The molecule has 4 heteroatoms. The van der Waals surface area contributed by atoms with Gasteiger partial charge in [0.15, 0.2) is 0 Å². The molecule has 0 fully saturated rings. The Labute approximate surface area is 100 Å². The van der Waals surface area contributed by atoms with Crippen LogP contribution in [0.15, 0.2) is 24.5 Å². The molecule has 0 aliphatic rings. The Balaban J connectivity index is 2.41. The number of benzene rings is 1. The lowest BCUT2D eigenvalue weighted by Crippen LogP contribution is -1.96. The molecule has 0 unspecified atom stereocenters. The third kappa shape index (κ3) is 2.30. The highest BCUT2D eigenvalue weighted by Crippen LogP contribution is 2.26. The van der Waals surface area contributed by atoms with Crippen LogP contribution in [-0.2, 0) is 6.54 Å². The molecule has 0 saturated heterocycles. The number of rotatable bonds is 3. The Morgan fingerprint density at radius 2 is 2.18 bits per heavy atom. The van der Waals surface area contributed by atoms with E-state index in [1.807, 2.05) is 17.8 Å². The first-order valence-electron chi connectivity index (χ1n) is 5.70. The van der Waals surface area contributed by atoms with Crippen LogP contribution in [0.1, 0.15) is 18.9 Å². The third-order valence-corrected chi connectivity index (χ3v) is 2.75. The van der Waals surface area contributed by atoms with Crippen LogP contribution >= 0.6 is 0 Å². The van der Waals surface area contributed by atoms with Crippen molar-refractivity contribution in [3.63, 3.8) is 0 Å². The Bertz CT molecular complexity index is 531. The van der Waals surface area contributed by atoms with Crippen LogP contribution in [0.5, 0.6) is 0 Å². The van der Waals surface area contributed by atoms with Gasteiger partial charge >= 0.3 is 0 Å². The molecule has 2 aromatic rings. The number of aromatic nitrogens is 2. The first-order chi connectivity index (χ1) is 8.11. The van der Waals surface area contributed by atoms with Crippen molar-refractivity contribution in [2.24, 2.45) is 0 Å². The van der Waals surface area contributed by atoms with Crippen molar-refractivity contribution in [2.75, 3.05) is 5.73 Å². The smallest absolute Gasteiger partial charge is 0.133 e. The van der Waals surface area contributed by atoms with Crippen molar-refractivity contribution in [1.29, 1.82) is 0 Å². The maximum Gasteiger partial charge on any atom is 0.133 e. The molecule has 2 N–H and O–H groups in total. The Kier molecular flexibility index (Phi) is 3.13. The lowest BCUT2D eigenvalue weighted by atomic mass is 10.0. The predicted molar refractivity (Wildman–Crippen MR) is 67.1 cm³/mol. The summed E-state index contributed by atoms with van der Waals surface area (Å²) in [6.07, 6.45) is 4.55. The second-order valence-corrected chi connectivity index (χ2v) is 4.18. The van der Waals surface area contributed by atoms with Gasteiger partial charge in [-0.05, 0) is 31.0 Å². The van der Waals surface area contributed by atoms with Gasteiger partial charge < -0.3 is 5.73 Å². The number of nitrogens with zero attached hydrogens (tertiary/aromatic N) is 2. The zero-order valence-electron chi connectivity index (χ0n) is 10.1. The minimum absolute atomic E-state index is 0.302. The summed E-state index contributed by atoms with van der Waals surface area (Å²) in [4.78, 5) is 0. The van der Waals surface area contributed by atoms with Crippen molar-refractivity contribution in [2.45, 2.75) is 26.8 Å². The summed E-state index contributed by atoms with van der Waals surface area (Å²) in [6.45, 7) is 4.79. The van der Waals surface area contributed by atoms with Crippen LogP contribution in [0.4, 0.5) is 10.1 Å². The van der Waals surface area contributed by atoms with Gasteiger partial charge in [0.05, 0.1) is 6.20 Å². The maximum absolute atomic E-state index is 13.8. The summed E-state index contributed by atoms with van der Waals surface area (Å²) in [5.41, 5.74) is 8.36. The van der Waals surface area contributed by atoms with E-state index in [1.165, 1.54) is 6.07 Å². The summed E-state index contributed by atoms with van der Waals surface area (Å²) in [5, 5.41) is 4.19. The van der Waals surface area contributed by atoms with Crippen molar-refractivity contribution >= 4 is 5.69 Å². The third-order valence-electron chi connectivity index (χ3n) is 2.75. The fourth-order valence-electron chi connectivity index (χ4n) is 1.77. The van der Waals surface area contributed by atoms with Gasteiger partial charge in [0.1, 0.15) is 5.82 Å². The van der Waals surface area contributed by atoms with Crippen LogP contribution in [0.2, 0.25) is 0 Å². The average Bonchev–Trinajstić information content (AvgIpc) is 2.72. The van der Waals surface area contributed by atoms with Crippen LogP contribution in [0, 0.1) is 12.7 Å². The fourth-order valence-corrected chi connectivity index (χ4v) is 1.77. The van der Waals surface area contributed by atoms with Crippen molar-refractivity contribution < 1.29 is 4.39 Å². The van der Waals surface area contributed by atoms with E-state index in [0.717, 1.165) is 24.1 Å². The van der Waals surface area contributed by atoms with Gasteiger partial charge in [0.25, 0.3) is 0 Å². The number of halogens is 1. The lowest BCUT2D eigenvalue weighted by molar-refractivity contribution is 0.602. The topological polar surface area (TPSA) is 43.8 Å². The van der Waals surface area contributed by atoms with Crippen molar-refractivity contribution in [3.8, 4) is 11.1 Å². The molecule has 0 atom stereocenters. The van der Waals surface area contributed by atoms with E-state index >= 15 is 0 Å². The van der Waals surface area contributed by atoms with E-state index in [2.05, 4.69) is 12.0 Å². The van der Waals surface area contributed by atoms with E-state index in [9.17, 15) is 4.39 Å². The molecule has 0 aliphatic carbocycles. The lowest BCUT2D eigenvalue weighted by Gasteiger charge is -2.05. The van der Waals surface area contributed by atoms with Gasteiger partial charge in [-0.25, -0.2) is 4.39 Å². The van der Waals surface area contributed by atoms with E-state index in [4.69, 9.17) is 5.73 Å². The molecule has 1 heterocycles. The molecular weight excluding hydrogens is 217 g/mol. The monoisotopic (exact) mass is 233 g/mol. The highest BCUT2D eigenvalue weighted by molar-refractivity contribution is 5.67. The van der Waals surface area contributed by atoms with E-state index in [1.54, 1.807) is 12.3 Å². The summed E-state index contributed by atoms with van der Waals surface area (Å²) < 4.78 is 15.6. The Morgan fingerprint density at radius 1 is 1.41 bits per heavy atom. The van der Waals surface area contributed by atoms with Crippen molar-refractivity contribution in [3.05, 3.63) is 35.9 Å². The molecular formula is C13H16FN3. The van der Waals surface area contributed by atoms with Gasteiger partial charge in [0.2, 0.25) is 0 Å². The summed E-state index contributed by atoms with van der Waals surface area (Å²) in [7, 11) is 0. The molecule has 0 radical (unpaired) electrons. The fraction of sp³-hybridized carbons (Fsp3) is 0.308. The number of nitrogen functional groups attached to an aromatic ring is 1. The quantitative estimate of drug-likeness (QED) is 0.828. The van der Waals surface area contributed by atoms with E-state index in [0.29, 0.717) is 11.3 Å². The average molecular weight is 233 g/mol. The zero-order valence-corrected chi connectivity index (χ0v) is 10.1. The highest BCUT2D eigenvalue weighted by atomic mass is 19.1. The standard InChI is InChI=1S/C13H16FN3/c1-3-4-17-8-10(7-16-17)11-5-9(2)13(15)6-12(11)14/h5-8H,3-4,15H2,1-2H3. The molecule has 0 spiro atoms. The van der Waals surface area contributed by atoms with Gasteiger partial charge in [-0.3, -0.25) is 4.68 Å². The minimum Gasteiger partial charge on any atom is -0.398 e. The van der Waals surface area contributed by atoms with Gasteiger partial charge in [-0.1, -0.05) is 6.92 Å². The molecule has 1 aromatic heterocycles. The SMILES string of the molecule is CCCn1cc(-c2cc(C)c(N)cc2F)cn1. The second kappa shape index (κ2) is 4.57. The number of hydrogen-bond donors (Lipinski definition) is 1. The first kappa shape index (κ1) is 11.6. The van der Waals surface area contributed by atoms with Crippen molar-refractivity contribution in [1.82, 2.24) is 9.78 Å². The molecule has 0 amide bonds. The molecule has 3 nitrogen and oxygen atoms in total. The molecule has 1 aromatic carbocycles. The molecule has 17 heavy (non-hydrogen) atoms. The number of anilines is 1. The largest absolute Gasteiger partial charge is 0.398 e. The first-order valence-corrected chi connectivity index (χ1v) is 5.70. The number of hydrogen-bond acceptors (Lipinski definition) is 2.